The number of nitrogens with zero attached hydrogens (tertiary/aromatic N) is 1. The molecule has 1 unspecified atom stereocenters. The molecule has 1 aliphatic carbocycles. The van der Waals surface area contributed by atoms with Gasteiger partial charge in [0.25, 0.3) is 0 Å². The molecule has 1 amide bonds. The quantitative estimate of drug-likeness (QED) is 0.903. The average molecular weight is 325 g/mol. The number of benzene rings is 1. The van der Waals surface area contributed by atoms with Crippen molar-refractivity contribution in [3.63, 3.8) is 0 Å². The van der Waals surface area contributed by atoms with Gasteiger partial charge in [-0.3, -0.25) is 4.79 Å². The summed E-state index contributed by atoms with van der Waals surface area (Å²) in [5, 5.41) is 0. The number of amides is 1. The van der Waals surface area contributed by atoms with Crippen molar-refractivity contribution < 1.29 is 4.79 Å². The van der Waals surface area contributed by atoms with Gasteiger partial charge < -0.3 is 10.6 Å². The Labute approximate surface area is 140 Å². The van der Waals surface area contributed by atoms with Crippen LogP contribution in [0.25, 0.3) is 0 Å². The zero-order valence-corrected chi connectivity index (χ0v) is 14.7. The van der Waals surface area contributed by atoms with Crippen molar-refractivity contribution in [2.75, 3.05) is 7.05 Å². The van der Waals surface area contributed by atoms with Crippen molar-refractivity contribution in [1.29, 1.82) is 0 Å². The summed E-state index contributed by atoms with van der Waals surface area (Å²) in [6.07, 6.45) is 4.85. The number of carbonyl (C=O) groups is 1. The maximum atomic E-state index is 12.4. The molecule has 1 aliphatic rings. The highest BCUT2D eigenvalue weighted by molar-refractivity contribution is 5.85. The number of rotatable bonds is 5. The third-order valence-electron chi connectivity index (χ3n) is 4.86. The molecule has 0 saturated heterocycles. The SMILES string of the molecule is Cc1ccc(CC(C)N(C)C(=O)C[C@@H]2CCC[C@H]2N)cc1.Cl. The number of aryl methyl sites for hydroxylation is 1. The second-order valence-corrected chi connectivity index (χ2v) is 6.60. The van der Waals surface area contributed by atoms with Gasteiger partial charge in [0.2, 0.25) is 5.91 Å². The van der Waals surface area contributed by atoms with Gasteiger partial charge in [-0.05, 0) is 44.6 Å². The molecule has 22 heavy (non-hydrogen) atoms. The molecule has 1 aromatic carbocycles. The maximum absolute atomic E-state index is 12.4. The van der Waals surface area contributed by atoms with Gasteiger partial charge in [-0.1, -0.05) is 36.2 Å². The molecule has 3 nitrogen and oxygen atoms in total. The number of nitrogens with two attached hydrogens (primary N) is 1. The van der Waals surface area contributed by atoms with Crippen LogP contribution in [0.3, 0.4) is 0 Å². The van der Waals surface area contributed by atoms with Crippen molar-refractivity contribution >= 4 is 18.3 Å². The van der Waals surface area contributed by atoms with Crippen LogP contribution in [0.2, 0.25) is 0 Å². The predicted octanol–water partition coefficient (Wildman–Crippen LogP) is 3.32. The fourth-order valence-corrected chi connectivity index (χ4v) is 3.14. The molecule has 2 N–H and O–H groups in total. The van der Waals surface area contributed by atoms with Crippen molar-refractivity contribution in [2.24, 2.45) is 11.7 Å². The number of hydrogen-bond acceptors (Lipinski definition) is 2. The van der Waals surface area contributed by atoms with Gasteiger partial charge in [-0.15, -0.1) is 12.4 Å². The summed E-state index contributed by atoms with van der Waals surface area (Å²) in [6.45, 7) is 4.21. The first-order valence-electron chi connectivity index (χ1n) is 8.04. The molecular weight excluding hydrogens is 296 g/mol. The van der Waals surface area contributed by atoms with Crippen LogP contribution in [0.4, 0.5) is 0 Å². The van der Waals surface area contributed by atoms with E-state index in [4.69, 9.17) is 5.73 Å². The molecule has 0 aliphatic heterocycles. The van der Waals surface area contributed by atoms with Crippen molar-refractivity contribution in [1.82, 2.24) is 4.90 Å². The van der Waals surface area contributed by atoms with Gasteiger partial charge in [-0.25, -0.2) is 0 Å². The minimum absolute atomic E-state index is 0. The van der Waals surface area contributed by atoms with E-state index in [1.807, 2.05) is 11.9 Å². The molecule has 4 heteroatoms. The molecule has 1 fully saturated rings. The second kappa shape index (κ2) is 8.54. The molecule has 1 saturated carbocycles. The third kappa shape index (κ3) is 4.99. The molecule has 0 radical (unpaired) electrons. The Bertz CT molecular complexity index is 474. The summed E-state index contributed by atoms with van der Waals surface area (Å²) in [7, 11) is 1.92. The van der Waals surface area contributed by atoms with E-state index in [9.17, 15) is 4.79 Å². The fraction of sp³-hybridized carbons (Fsp3) is 0.611. The second-order valence-electron chi connectivity index (χ2n) is 6.60. The summed E-state index contributed by atoms with van der Waals surface area (Å²) in [6, 6.07) is 8.99. The molecule has 0 spiro atoms. The summed E-state index contributed by atoms with van der Waals surface area (Å²) >= 11 is 0. The Morgan fingerprint density at radius 3 is 2.50 bits per heavy atom. The Kier molecular flexibility index (Phi) is 7.37. The lowest BCUT2D eigenvalue weighted by atomic mass is 9.98. The lowest BCUT2D eigenvalue weighted by molar-refractivity contribution is -0.132. The van der Waals surface area contributed by atoms with Gasteiger partial charge in [-0.2, -0.15) is 0 Å². The van der Waals surface area contributed by atoms with E-state index in [0.29, 0.717) is 12.3 Å². The van der Waals surface area contributed by atoms with E-state index in [1.165, 1.54) is 17.5 Å². The lowest BCUT2D eigenvalue weighted by Gasteiger charge is -2.27. The zero-order chi connectivity index (χ0) is 15.4. The molecule has 2 rings (SSSR count). The van der Waals surface area contributed by atoms with Gasteiger partial charge in [0.05, 0.1) is 0 Å². The van der Waals surface area contributed by atoms with Crippen molar-refractivity contribution in [3.05, 3.63) is 35.4 Å². The Morgan fingerprint density at radius 1 is 1.32 bits per heavy atom. The van der Waals surface area contributed by atoms with Gasteiger partial charge >= 0.3 is 0 Å². The van der Waals surface area contributed by atoms with E-state index in [0.717, 1.165) is 19.3 Å². The number of hydrogen-bond donors (Lipinski definition) is 1. The monoisotopic (exact) mass is 324 g/mol. The van der Waals surface area contributed by atoms with E-state index in [2.05, 4.69) is 38.1 Å². The van der Waals surface area contributed by atoms with Crippen LogP contribution in [0.15, 0.2) is 24.3 Å². The largest absolute Gasteiger partial charge is 0.343 e. The standard InChI is InChI=1S/C18H28N2O.ClH/c1-13-7-9-15(10-8-13)11-14(2)20(3)18(21)12-16-5-4-6-17(16)19;/h7-10,14,16-17H,4-6,11-12,19H2,1-3H3;1H/t14?,16-,17+;/m0./s1. The normalized spacial score (nSPS) is 22.0. The first kappa shape index (κ1) is 19.0. The molecule has 3 atom stereocenters. The summed E-state index contributed by atoms with van der Waals surface area (Å²) in [4.78, 5) is 14.3. The van der Waals surface area contributed by atoms with Crippen LogP contribution < -0.4 is 5.73 Å². The topological polar surface area (TPSA) is 46.3 Å². The number of halogens is 1. The minimum atomic E-state index is 0. The molecular formula is C18H29ClN2O. The minimum Gasteiger partial charge on any atom is -0.343 e. The zero-order valence-electron chi connectivity index (χ0n) is 13.9. The van der Waals surface area contributed by atoms with Crippen LogP contribution in [-0.4, -0.2) is 29.9 Å². The number of likely N-dealkylation sites (N-methyl/N-ethyl adjacent to an activating group) is 1. The Hall–Kier alpha value is -1.06. The Morgan fingerprint density at radius 2 is 1.95 bits per heavy atom. The molecule has 124 valence electrons. The highest BCUT2D eigenvalue weighted by atomic mass is 35.5. The molecule has 0 aromatic heterocycles. The smallest absolute Gasteiger partial charge is 0.222 e. The van der Waals surface area contributed by atoms with E-state index in [1.54, 1.807) is 0 Å². The van der Waals surface area contributed by atoms with Crippen molar-refractivity contribution in [3.8, 4) is 0 Å². The van der Waals surface area contributed by atoms with Gasteiger partial charge in [0.1, 0.15) is 0 Å². The summed E-state index contributed by atoms with van der Waals surface area (Å²) in [5.41, 5.74) is 8.62. The van der Waals surface area contributed by atoms with Gasteiger partial charge in [0.15, 0.2) is 0 Å². The molecule has 0 bridgehead atoms. The summed E-state index contributed by atoms with van der Waals surface area (Å²) in [5.74, 6) is 0.614. The van der Waals surface area contributed by atoms with Crippen LogP contribution >= 0.6 is 12.4 Å². The van der Waals surface area contributed by atoms with Crippen LogP contribution in [0.5, 0.6) is 0 Å². The highest BCUT2D eigenvalue weighted by Gasteiger charge is 2.28. The third-order valence-corrected chi connectivity index (χ3v) is 4.86. The lowest BCUT2D eigenvalue weighted by Crippen LogP contribution is -2.39. The fourth-order valence-electron chi connectivity index (χ4n) is 3.14. The Balaban J connectivity index is 0.00000242. The first-order chi connectivity index (χ1) is 9.97. The maximum Gasteiger partial charge on any atom is 0.222 e. The first-order valence-corrected chi connectivity index (χ1v) is 8.04. The van der Waals surface area contributed by atoms with Crippen molar-refractivity contribution in [2.45, 2.75) is 58.0 Å². The predicted molar refractivity (Wildman–Crippen MR) is 94.3 cm³/mol. The van der Waals surface area contributed by atoms with Crippen LogP contribution in [0, 0.1) is 12.8 Å². The van der Waals surface area contributed by atoms with E-state index in [-0.39, 0.29) is 30.4 Å². The van der Waals surface area contributed by atoms with E-state index < -0.39 is 0 Å². The molecule has 0 heterocycles. The van der Waals surface area contributed by atoms with Crippen LogP contribution in [0.1, 0.15) is 43.7 Å². The number of carbonyl (C=O) groups excluding carboxylic acids is 1. The molecule has 1 aromatic rings. The highest BCUT2D eigenvalue weighted by Crippen LogP contribution is 2.27. The van der Waals surface area contributed by atoms with Gasteiger partial charge in [0, 0.05) is 25.6 Å². The average Bonchev–Trinajstić information content (AvgIpc) is 2.86. The van der Waals surface area contributed by atoms with E-state index >= 15 is 0 Å². The summed E-state index contributed by atoms with van der Waals surface area (Å²) < 4.78 is 0. The van der Waals surface area contributed by atoms with Crippen LogP contribution in [-0.2, 0) is 11.2 Å².